The molecule has 1 aliphatic heterocycles. The number of hydrogen-bond donors (Lipinski definition) is 1. The summed E-state index contributed by atoms with van der Waals surface area (Å²) in [5.74, 6) is 0.922. The van der Waals surface area contributed by atoms with E-state index in [4.69, 9.17) is 5.73 Å². The molecule has 1 aliphatic rings. The highest BCUT2D eigenvalue weighted by molar-refractivity contribution is 4.73. The van der Waals surface area contributed by atoms with Gasteiger partial charge in [-0.2, -0.15) is 0 Å². The predicted molar refractivity (Wildman–Crippen MR) is 48.5 cm³/mol. The van der Waals surface area contributed by atoms with Crippen LogP contribution in [-0.4, -0.2) is 31.1 Å². The molecule has 66 valence electrons. The van der Waals surface area contributed by atoms with Gasteiger partial charge in [0.05, 0.1) is 0 Å². The van der Waals surface area contributed by atoms with Crippen molar-refractivity contribution in [2.24, 2.45) is 11.7 Å². The molecule has 2 N–H and O–H groups in total. The molecule has 0 aromatic rings. The van der Waals surface area contributed by atoms with Gasteiger partial charge in [0.25, 0.3) is 0 Å². The summed E-state index contributed by atoms with van der Waals surface area (Å²) < 4.78 is 0. The van der Waals surface area contributed by atoms with Crippen LogP contribution in [0.25, 0.3) is 0 Å². The van der Waals surface area contributed by atoms with Crippen LogP contribution in [0.4, 0.5) is 0 Å². The molecule has 0 aromatic heterocycles. The van der Waals surface area contributed by atoms with Crippen LogP contribution in [-0.2, 0) is 0 Å². The number of hydrogen-bond acceptors (Lipinski definition) is 2. The van der Waals surface area contributed by atoms with E-state index in [0.717, 1.165) is 5.92 Å². The van der Waals surface area contributed by atoms with Gasteiger partial charge in [-0.1, -0.05) is 0 Å². The van der Waals surface area contributed by atoms with E-state index in [-0.39, 0.29) is 0 Å². The van der Waals surface area contributed by atoms with E-state index in [0.29, 0.717) is 6.04 Å². The van der Waals surface area contributed by atoms with Crippen molar-refractivity contribution in [3.8, 4) is 0 Å². The Morgan fingerprint density at radius 1 is 1.64 bits per heavy atom. The van der Waals surface area contributed by atoms with Crippen molar-refractivity contribution >= 4 is 0 Å². The fourth-order valence-corrected chi connectivity index (χ4v) is 1.76. The van der Waals surface area contributed by atoms with Crippen molar-refractivity contribution in [2.45, 2.75) is 32.2 Å². The Hall–Kier alpha value is -0.0800. The van der Waals surface area contributed by atoms with Crippen molar-refractivity contribution in [1.82, 2.24) is 4.90 Å². The maximum absolute atomic E-state index is 5.69. The largest absolute Gasteiger partial charge is 0.328 e. The molecule has 2 nitrogen and oxygen atoms in total. The highest BCUT2D eigenvalue weighted by Gasteiger charge is 2.18. The third kappa shape index (κ3) is 3.21. The van der Waals surface area contributed by atoms with E-state index < -0.39 is 0 Å². The van der Waals surface area contributed by atoms with E-state index in [9.17, 15) is 0 Å². The molecule has 0 saturated carbocycles. The van der Waals surface area contributed by atoms with E-state index in [2.05, 4.69) is 18.9 Å². The van der Waals surface area contributed by atoms with Gasteiger partial charge in [0.2, 0.25) is 0 Å². The highest BCUT2D eigenvalue weighted by atomic mass is 15.1. The van der Waals surface area contributed by atoms with E-state index in [1.807, 2.05) is 0 Å². The lowest BCUT2D eigenvalue weighted by atomic mass is 10.0. The minimum atomic E-state index is 0.390. The lowest BCUT2D eigenvalue weighted by Crippen LogP contribution is -2.18. The fraction of sp³-hybridized carbons (Fsp3) is 1.00. The quantitative estimate of drug-likeness (QED) is 0.662. The summed E-state index contributed by atoms with van der Waals surface area (Å²) in [6.07, 6.45) is 3.89. The average Bonchev–Trinajstić information content (AvgIpc) is 2.31. The fourth-order valence-electron chi connectivity index (χ4n) is 1.76. The summed E-state index contributed by atoms with van der Waals surface area (Å²) in [6.45, 7) is 4.66. The highest BCUT2D eigenvalue weighted by Crippen LogP contribution is 2.19. The molecular weight excluding hydrogens is 136 g/mol. The van der Waals surface area contributed by atoms with Crippen molar-refractivity contribution in [1.29, 1.82) is 0 Å². The number of likely N-dealkylation sites (tertiary alicyclic amines) is 1. The molecule has 1 heterocycles. The Morgan fingerprint density at radius 3 is 2.82 bits per heavy atom. The van der Waals surface area contributed by atoms with Crippen LogP contribution in [0.3, 0.4) is 0 Å². The van der Waals surface area contributed by atoms with Gasteiger partial charge >= 0.3 is 0 Å². The van der Waals surface area contributed by atoms with Crippen LogP contribution in [0.15, 0.2) is 0 Å². The first-order chi connectivity index (χ1) is 5.18. The van der Waals surface area contributed by atoms with Gasteiger partial charge in [-0.15, -0.1) is 0 Å². The maximum Gasteiger partial charge on any atom is 0.00105 e. The van der Waals surface area contributed by atoms with Crippen molar-refractivity contribution in [3.63, 3.8) is 0 Å². The van der Waals surface area contributed by atoms with Gasteiger partial charge in [0.1, 0.15) is 0 Å². The molecule has 0 aromatic carbocycles. The zero-order valence-electron chi connectivity index (χ0n) is 7.71. The summed E-state index contributed by atoms with van der Waals surface area (Å²) in [6, 6.07) is 0.390. The van der Waals surface area contributed by atoms with Crippen molar-refractivity contribution < 1.29 is 0 Å². The second-order valence-electron chi connectivity index (χ2n) is 3.97. The molecule has 0 radical (unpaired) electrons. The van der Waals surface area contributed by atoms with Crippen LogP contribution in [0.2, 0.25) is 0 Å². The zero-order chi connectivity index (χ0) is 8.27. The topological polar surface area (TPSA) is 29.3 Å². The minimum Gasteiger partial charge on any atom is -0.328 e. The standard InChI is InChI=1S/C9H20N2/c1-8(10)3-4-9-5-6-11(2)7-9/h8-9H,3-7,10H2,1-2H3. The number of nitrogens with two attached hydrogens (primary N) is 1. The zero-order valence-corrected chi connectivity index (χ0v) is 7.71. The first-order valence-electron chi connectivity index (χ1n) is 4.62. The van der Waals surface area contributed by atoms with Crippen LogP contribution in [0.1, 0.15) is 26.2 Å². The summed E-state index contributed by atoms with van der Waals surface area (Å²) in [7, 11) is 2.20. The van der Waals surface area contributed by atoms with Gasteiger partial charge in [0, 0.05) is 12.6 Å². The van der Waals surface area contributed by atoms with Crippen molar-refractivity contribution in [3.05, 3.63) is 0 Å². The van der Waals surface area contributed by atoms with Crippen LogP contribution >= 0.6 is 0 Å². The molecule has 0 bridgehead atoms. The monoisotopic (exact) mass is 156 g/mol. The van der Waals surface area contributed by atoms with Crippen molar-refractivity contribution in [2.75, 3.05) is 20.1 Å². The summed E-state index contributed by atoms with van der Waals surface area (Å²) >= 11 is 0. The Labute approximate surface area is 69.8 Å². The summed E-state index contributed by atoms with van der Waals surface area (Å²) in [5, 5.41) is 0. The molecule has 1 fully saturated rings. The van der Waals surface area contributed by atoms with Gasteiger partial charge in [0.15, 0.2) is 0 Å². The summed E-state index contributed by atoms with van der Waals surface area (Å²) in [4.78, 5) is 2.41. The minimum absolute atomic E-state index is 0.390. The van der Waals surface area contributed by atoms with Gasteiger partial charge in [-0.25, -0.2) is 0 Å². The summed E-state index contributed by atoms with van der Waals surface area (Å²) in [5.41, 5.74) is 5.69. The molecule has 0 amide bonds. The second kappa shape index (κ2) is 4.07. The van der Waals surface area contributed by atoms with Gasteiger partial charge in [-0.3, -0.25) is 0 Å². The average molecular weight is 156 g/mol. The SMILES string of the molecule is CC(N)CCC1CCN(C)C1. The molecule has 11 heavy (non-hydrogen) atoms. The Morgan fingerprint density at radius 2 is 2.36 bits per heavy atom. The van der Waals surface area contributed by atoms with Crippen LogP contribution in [0.5, 0.6) is 0 Å². The normalized spacial score (nSPS) is 29.2. The lowest BCUT2D eigenvalue weighted by molar-refractivity contribution is 0.380. The van der Waals surface area contributed by atoms with Gasteiger partial charge in [-0.05, 0) is 45.7 Å². The van der Waals surface area contributed by atoms with Crippen LogP contribution in [0, 0.1) is 5.92 Å². The third-order valence-electron chi connectivity index (χ3n) is 2.52. The molecule has 2 unspecified atom stereocenters. The van der Waals surface area contributed by atoms with E-state index in [1.54, 1.807) is 0 Å². The van der Waals surface area contributed by atoms with E-state index in [1.165, 1.54) is 32.4 Å². The lowest BCUT2D eigenvalue weighted by Gasteiger charge is -2.11. The molecule has 2 heteroatoms. The van der Waals surface area contributed by atoms with Crippen LogP contribution < -0.4 is 5.73 Å². The first kappa shape index (κ1) is 9.01. The maximum atomic E-state index is 5.69. The first-order valence-corrected chi connectivity index (χ1v) is 4.62. The van der Waals surface area contributed by atoms with E-state index >= 15 is 0 Å². The molecule has 1 saturated heterocycles. The third-order valence-corrected chi connectivity index (χ3v) is 2.52. The van der Waals surface area contributed by atoms with Gasteiger partial charge < -0.3 is 10.6 Å². The molecule has 1 rings (SSSR count). The Balaban J connectivity index is 2.08. The second-order valence-corrected chi connectivity index (χ2v) is 3.97. The molecule has 2 atom stereocenters. The molecular formula is C9H20N2. The smallest absolute Gasteiger partial charge is 0.00105 e. The Bertz CT molecular complexity index is 112. The number of rotatable bonds is 3. The molecule has 0 spiro atoms. The number of nitrogens with zero attached hydrogens (tertiary/aromatic N) is 1. The Kier molecular flexibility index (Phi) is 3.34. The predicted octanol–water partition coefficient (Wildman–Crippen LogP) is 1.07. The molecule has 0 aliphatic carbocycles.